The first-order chi connectivity index (χ1) is 10.9. The van der Waals surface area contributed by atoms with Crippen LogP contribution in [0.25, 0.3) is 0 Å². The maximum absolute atomic E-state index is 12.8. The summed E-state index contributed by atoms with van der Waals surface area (Å²) in [5.74, 6) is -0.824. The minimum atomic E-state index is -3.79. The van der Waals surface area contributed by atoms with Gasteiger partial charge in [-0.2, -0.15) is 0 Å². The molecule has 0 heterocycles. The molecule has 0 aliphatic carbocycles. The number of rotatable bonds is 6. The second kappa shape index (κ2) is 7.21. The summed E-state index contributed by atoms with van der Waals surface area (Å²) in [6, 6.07) is 10.8. The molecule has 0 atom stereocenters. The third-order valence-corrected chi connectivity index (χ3v) is 4.31. The van der Waals surface area contributed by atoms with E-state index in [1.165, 1.54) is 31.4 Å². The lowest BCUT2D eigenvalue weighted by molar-refractivity contribution is -0.130. The van der Waals surface area contributed by atoms with Crippen molar-refractivity contribution in [2.45, 2.75) is 11.3 Å². The van der Waals surface area contributed by atoms with Gasteiger partial charge in [0.15, 0.2) is 0 Å². The van der Waals surface area contributed by atoms with Crippen LogP contribution < -0.4 is 10.2 Å². The Hall–Kier alpha value is -2.45. The molecule has 0 unspecified atom stereocenters. The van der Waals surface area contributed by atoms with E-state index >= 15 is 0 Å². The first-order valence-corrected chi connectivity index (χ1v) is 8.08. The normalized spacial score (nSPS) is 11.0. The molecule has 0 radical (unpaired) electrons. The van der Waals surface area contributed by atoms with Crippen LogP contribution in [0, 0.1) is 5.82 Å². The van der Waals surface area contributed by atoms with Crippen LogP contribution in [0.15, 0.2) is 53.4 Å². The van der Waals surface area contributed by atoms with Crippen molar-refractivity contribution in [2.75, 3.05) is 11.8 Å². The first-order valence-electron chi connectivity index (χ1n) is 6.60. The Balaban J connectivity index is 2.08. The molecule has 0 saturated carbocycles. The van der Waals surface area contributed by atoms with E-state index in [1.807, 2.05) is 0 Å². The predicted molar refractivity (Wildman–Crippen MR) is 82.5 cm³/mol. The lowest BCUT2D eigenvalue weighted by Gasteiger charge is -2.09. The van der Waals surface area contributed by atoms with Gasteiger partial charge in [0.1, 0.15) is 5.82 Å². The molecule has 0 aliphatic heterocycles. The molecule has 1 amide bonds. The SMILES string of the molecule is CONC(=O)Cc1ccc(NS(=O)(=O)c2ccc(F)cc2)cc1. The summed E-state index contributed by atoms with van der Waals surface area (Å²) in [5.41, 5.74) is 3.23. The molecule has 0 spiro atoms. The van der Waals surface area contributed by atoms with Crippen molar-refractivity contribution in [3.8, 4) is 0 Å². The Bertz CT molecular complexity index is 774. The number of carbonyl (C=O) groups is 1. The zero-order valence-corrected chi connectivity index (χ0v) is 13.1. The Kier molecular flexibility index (Phi) is 5.30. The number of nitrogens with one attached hydrogen (secondary N) is 2. The molecule has 0 aromatic heterocycles. The van der Waals surface area contributed by atoms with Crippen LogP contribution in [0.4, 0.5) is 10.1 Å². The molecule has 0 aliphatic rings. The van der Waals surface area contributed by atoms with Crippen LogP contribution in [0.2, 0.25) is 0 Å². The summed E-state index contributed by atoms with van der Waals surface area (Å²) < 4.78 is 39.5. The fraction of sp³-hybridized carbons (Fsp3) is 0.133. The van der Waals surface area contributed by atoms with Crippen LogP contribution in [-0.2, 0) is 26.1 Å². The highest BCUT2D eigenvalue weighted by Gasteiger charge is 2.14. The first kappa shape index (κ1) is 16.9. The monoisotopic (exact) mass is 338 g/mol. The maximum atomic E-state index is 12.8. The fourth-order valence-corrected chi connectivity index (χ4v) is 2.91. The molecular weight excluding hydrogens is 323 g/mol. The van der Waals surface area contributed by atoms with Crippen LogP contribution in [0.3, 0.4) is 0 Å². The van der Waals surface area contributed by atoms with Crippen molar-refractivity contribution in [1.29, 1.82) is 0 Å². The predicted octanol–water partition coefficient (Wildman–Crippen LogP) is 1.85. The van der Waals surface area contributed by atoms with Gasteiger partial charge in [-0.05, 0) is 42.0 Å². The summed E-state index contributed by atoms with van der Waals surface area (Å²) in [4.78, 5) is 15.8. The van der Waals surface area contributed by atoms with Gasteiger partial charge in [-0.1, -0.05) is 12.1 Å². The van der Waals surface area contributed by atoms with E-state index in [0.29, 0.717) is 11.3 Å². The van der Waals surface area contributed by atoms with Crippen LogP contribution in [0.1, 0.15) is 5.56 Å². The van der Waals surface area contributed by atoms with Crippen molar-refractivity contribution in [3.63, 3.8) is 0 Å². The van der Waals surface area contributed by atoms with Crippen molar-refractivity contribution in [3.05, 3.63) is 59.9 Å². The summed E-state index contributed by atoms with van der Waals surface area (Å²) in [6.07, 6.45) is 0.110. The Morgan fingerprint density at radius 2 is 1.70 bits per heavy atom. The lowest BCUT2D eigenvalue weighted by atomic mass is 10.1. The second-order valence-electron chi connectivity index (χ2n) is 4.66. The summed E-state index contributed by atoms with van der Waals surface area (Å²) in [6.45, 7) is 0. The topological polar surface area (TPSA) is 84.5 Å². The van der Waals surface area contributed by atoms with Gasteiger partial charge in [0, 0.05) is 5.69 Å². The summed E-state index contributed by atoms with van der Waals surface area (Å²) in [7, 11) is -2.45. The molecule has 6 nitrogen and oxygen atoms in total. The molecule has 2 rings (SSSR count). The third-order valence-electron chi connectivity index (χ3n) is 2.91. The molecule has 2 aromatic carbocycles. The Morgan fingerprint density at radius 3 is 2.26 bits per heavy atom. The number of hydrogen-bond acceptors (Lipinski definition) is 4. The summed E-state index contributed by atoms with van der Waals surface area (Å²) in [5, 5.41) is 0. The molecule has 0 saturated heterocycles. The quantitative estimate of drug-likeness (QED) is 0.787. The van der Waals surface area contributed by atoms with Crippen molar-refractivity contribution in [1.82, 2.24) is 5.48 Å². The Morgan fingerprint density at radius 1 is 1.09 bits per heavy atom. The molecule has 0 bridgehead atoms. The zero-order chi connectivity index (χ0) is 16.9. The van der Waals surface area contributed by atoms with Gasteiger partial charge in [0.2, 0.25) is 5.91 Å². The van der Waals surface area contributed by atoms with Gasteiger partial charge in [-0.3, -0.25) is 14.4 Å². The number of carbonyl (C=O) groups excluding carboxylic acids is 1. The molecule has 2 N–H and O–H groups in total. The number of amides is 1. The summed E-state index contributed by atoms with van der Waals surface area (Å²) >= 11 is 0. The van der Waals surface area contributed by atoms with Gasteiger partial charge >= 0.3 is 0 Å². The van der Waals surface area contributed by atoms with Crippen molar-refractivity contribution in [2.24, 2.45) is 0 Å². The molecule has 8 heteroatoms. The fourth-order valence-electron chi connectivity index (χ4n) is 1.85. The minimum Gasteiger partial charge on any atom is -0.280 e. The van der Waals surface area contributed by atoms with E-state index in [9.17, 15) is 17.6 Å². The highest BCUT2D eigenvalue weighted by atomic mass is 32.2. The molecule has 2 aromatic rings. The van der Waals surface area contributed by atoms with Gasteiger partial charge < -0.3 is 0 Å². The third kappa shape index (κ3) is 4.76. The molecular formula is C15H15FN2O4S. The average molecular weight is 338 g/mol. The maximum Gasteiger partial charge on any atom is 0.261 e. The number of sulfonamides is 1. The van der Waals surface area contributed by atoms with Crippen molar-refractivity contribution < 1.29 is 22.4 Å². The minimum absolute atomic E-state index is 0.0394. The number of halogens is 1. The van der Waals surface area contributed by atoms with E-state index < -0.39 is 15.8 Å². The molecule has 122 valence electrons. The van der Waals surface area contributed by atoms with Gasteiger partial charge in [0.05, 0.1) is 18.4 Å². The van der Waals surface area contributed by atoms with Gasteiger partial charge in [-0.15, -0.1) is 0 Å². The molecule has 23 heavy (non-hydrogen) atoms. The average Bonchev–Trinajstić information content (AvgIpc) is 2.50. The van der Waals surface area contributed by atoms with Gasteiger partial charge in [-0.25, -0.2) is 18.3 Å². The van der Waals surface area contributed by atoms with Gasteiger partial charge in [0.25, 0.3) is 10.0 Å². The van der Waals surface area contributed by atoms with Crippen LogP contribution >= 0.6 is 0 Å². The highest BCUT2D eigenvalue weighted by Crippen LogP contribution is 2.17. The number of anilines is 1. The number of benzene rings is 2. The van der Waals surface area contributed by atoms with E-state index in [1.54, 1.807) is 12.1 Å². The number of hydroxylamine groups is 1. The standard InChI is InChI=1S/C15H15FN2O4S/c1-22-17-15(19)10-11-2-6-13(7-3-11)18-23(20,21)14-8-4-12(16)5-9-14/h2-9,18H,10H2,1H3,(H,17,19). The Labute approximate surface area is 133 Å². The highest BCUT2D eigenvalue weighted by molar-refractivity contribution is 7.92. The van der Waals surface area contributed by atoms with Crippen LogP contribution in [-0.4, -0.2) is 21.4 Å². The second-order valence-corrected chi connectivity index (χ2v) is 6.34. The van der Waals surface area contributed by atoms with E-state index in [-0.39, 0.29) is 17.2 Å². The van der Waals surface area contributed by atoms with E-state index in [2.05, 4.69) is 15.0 Å². The smallest absolute Gasteiger partial charge is 0.261 e. The van der Waals surface area contributed by atoms with E-state index in [4.69, 9.17) is 0 Å². The van der Waals surface area contributed by atoms with E-state index in [0.717, 1.165) is 12.1 Å². The number of hydrogen-bond donors (Lipinski definition) is 2. The lowest BCUT2D eigenvalue weighted by Crippen LogP contribution is -2.23. The van der Waals surface area contributed by atoms with Crippen LogP contribution in [0.5, 0.6) is 0 Å². The van der Waals surface area contributed by atoms with Crippen molar-refractivity contribution >= 4 is 21.6 Å². The largest absolute Gasteiger partial charge is 0.280 e. The zero-order valence-electron chi connectivity index (χ0n) is 12.2. The molecule has 0 fully saturated rings.